The van der Waals surface area contributed by atoms with E-state index < -0.39 is 5.97 Å². The average Bonchev–Trinajstić information content (AvgIpc) is 2.11. The lowest BCUT2D eigenvalue weighted by Gasteiger charge is -2.09. The number of carboxylic acid groups (broad SMARTS) is 1. The zero-order valence-electron chi connectivity index (χ0n) is 8.17. The first-order valence-corrected chi connectivity index (χ1v) is 4.30. The Labute approximate surface area is 78.7 Å². The van der Waals surface area contributed by atoms with Crippen LogP contribution in [0.5, 0.6) is 0 Å². The van der Waals surface area contributed by atoms with E-state index >= 15 is 0 Å². The van der Waals surface area contributed by atoms with Crippen LogP contribution in [0.25, 0.3) is 0 Å². The minimum absolute atomic E-state index is 0.281. The predicted molar refractivity (Wildman–Crippen MR) is 51.4 cm³/mol. The molecule has 0 aromatic carbocycles. The van der Waals surface area contributed by atoms with Crippen molar-refractivity contribution in [3.8, 4) is 0 Å². The number of rotatable bonds is 6. The summed E-state index contributed by atoms with van der Waals surface area (Å²) in [5.74, 6) is -0.373. The Morgan fingerprint density at radius 2 is 2.23 bits per heavy atom. The van der Waals surface area contributed by atoms with Crippen LogP contribution in [0.15, 0.2) is 24.0 Å². The maximum Gasteiger partial charge on any atom is 0.334 e. The van der Waals surface area contributed by atoms with Gasteiger partial charge in [-0.15, -0.1) is 0 Å². The van der Waals surface area contributed by atoms with Crippen molar-refractivity contribution in [3.05, 3.63) is 24.0 Å². The van der Waals surface area contributed by atoms with Crippen LogP contribution in [0.3, 0.4) is 0 Å². The molecule has 0 saturated heterocycles. The van der Waals surface area contributed by atoms with E-state index in [1.165, 1.54) is 0 Å². The number of carbonyl (C=O) groups is 1. The van der Waals surface area contributed by atoms with Gasteiger partial charge in [-0.3, -0.25) is 0 Å². The molecular formula is C10H16O3. The lowest BCUT2D eigenvalue weighted by molar-refractivity contribution is -0.132. The summed E-state index contributed by atoms with van der Waals surface area (Å²) in [6.45, 7) is 7.39. The first-order chi connectivity index (χ1) is 6.13. The van der Waals surface area contributed by atoms with Gasteiger partial charge in [0.1, 0.15) is 12.4 Å². The molecule has 0 unspecified atom stereocenters. The Kier molecular flexibility index (Phi) is 5.68. The lowest BCUT2D eigenvalue weighted by Crippen LogP contribution is -2.04. The highest BCUT2D eigenvalue weighted by Crippen LogP contribution is 2.12. The lowest BCUT2D eigenvalue weighted by atomic mass is 10.2. The topological polar surface area (TPSA) is 46.5 Å². The van der Waals surface area contributed by atoms with Crippen LogP contribution in [0.4, 0.5) is 0 Å². The van der Waals surface area contributed by atoms with Gasteiger partial charge in [-0.1, -0.05) is 19.6 Å². The van der Waals surface area contributed by atoms with Gasteiger partial charge in [0.2, 0.25) is 0 Å². The molecule has 3 nitrogen and oxygen atoms in total. The highest BCUT2D eigenvalue weighted by Gasteiger charge is 2.09. The molecule has 13 heavy (non-hydrogen) atoms. The second-order valence-corrected chi connectivity index (χ2v) is 2.70. The van der Waals surface area contributed by atoms with Crippen molar-refractivity contribution in [2.45, 2.75) is 26.7 Å². The van der Waals surface area contributed by atoms with E-state index in [0.717, 1.165) is 6.42 Å². The SMILES string of the molecule is C=CCO/C(CCC)=C(\C)C(=O)O. The summed E-state index contributed by atoms with van der Waals surface area (Å²) in [7, 11) is 0. The number of allylic oxidation sites excluding steroid dienone is 1. The average molecular weight is 184 g/mol. The van der Waals surface area contributed by atoms with Crippen LogP contribution >= 0.6 is 0 Å². The van der Waals surface area contributed by atoms with E-state index in [0.29, 0.717) is 18.8 Å². The second-order valence-electron chi connectivity index (χ2n) is 2.70. The molecule has 0 bridgehead atoms. The van der Waals surface area contributed by atoms with Crippen molar-refractivity contribution in [2.75, 3.05) is 6.61 Å². The first kappa shape index (κ1) is 11.8. The monoisotopic (exact) mass is 184 g/mol. The van der Waals surface area contributed by atoms with E-state index in [2.05, 4.69) is 6.58 Å². The first-order valence-electron chi connectivity index (χ1n) is 4.30. The number of carboxylic acids is 1. The second kappa shape index (κ2) is 6.29. The van der Waals surface area contributed by atoms with Gasteiger partial charge in [0.25, 0.3) is 0 Å². The van der Waals surface area contributed by atoms with Crippen molar-refractivity contribution < 1.29 is 14.6 Å². The fourth-order valence-corrected chi connectivity index (χ4v) is 0.874. The van der Waals surface area contributed by atoms with Crippen molar-refractivity contribution >= 4 is 5.97 Å². The molecule has 0 saturated carbocycles. The van der Waals surface area contributed by atoms with Crippen LogP contribution in [0.2, 0.25) is 0 Å². The Morgan fingerprint density at radius 1 is 1.62 bits per heavy atom. The summed E-state index contributed by atoms with van der Waals surface area (Å²) in [5, 5.41) is 8.71. The zero-order chi connectivity index (χ0) is 10.3. The van der Waals surface area contributed by atoms with Crippen molar-refractivity contribution in [2.24, 2.45) is 0 Å². The van der Waals surface area contributed by atoms with Crippen LogP contribution in [-0.4, -0.2) is 17.7 Å². The molecule has 0 spiro atoms. The minimum atomic E-state index is -0.924. The Morgan fingerprint density at radius 3 is 2.62 bits per heavy atom. The van der Waals surface area contributed by atoms with Crippen molar-refractivity contribution in [1.29, 1.82) is 0 Å². The van der Waals surface area contributed by atoms with Crippen LogP contribution < -0.4 is 0 Å². The number of aliphatic carboxylic acids is 1. The normalized spacial score (nSPS) is 11.8. The third kappa shape index (κ3) is 4.35. The molecule has 74 valence electrons. The fourth-order valence-electron chi connectivity index (χ4n) is 0.874. The molecule has 0 fully saturated rings. The summed E-state index contributed by atoms with van der Waals surface area (Å²) in [6.07, 6.45) is 3.13. The predicted octanol–water partition coefficient (Wildman–Crippen LogP) is 2.35. The van der Waals surface area contributed by atoms with Gasteiger partial charge in [0, 0.05) is 6.42 Å². The number of ether oxygens (including phenoxy) is 1. The van der Waals surface area contributed by atoms with E-state index in [4.69, 9.17) is 9.84 Å². The van der Waals surface area contributed by atoms with E-state index in [1.54, 1.807) is 13.0 Å². The fraction of sp³-hybridized carbons (Fsp3) is 0.500. The van der Waals surface area contributed by atoms with Gasteiger partial charge in [-0.25, -0.2) is 4.79 Å². The summed E-state index contributed by atoms with van der Waals surface area (Å²) < 4.78 is 5.24. The molecule has 1 N–H and O–H groups in total. The molecule has 0 aliphatic heterocycles. The molecule has 0 aromatic rings. The highest BCUT2D eigenvalue weighted by molar-refractivity contribution is 5.86. The third-order valence-corrected chi connectivity index (χ3v) is 1.59. The van der Waals surface area contributed by atoms with Crippen molar-refractivity contribution in [3.63, 3.8) is 0 Å². The standard InChI is InChI=1S/C10H16O3/c1-4-6-9(13-7-5-2)8(3)10(11)12/h5H,2,4,6-7H2,1,3H3,(H,11,12)/b9-8+. The highest BCUT2D eigenvalue weighted by atomic mass is 16.5. The molecule has 0 aliphatic carbocycles. The van der Waals surface area contributed by atoms with Crippen LogP contribution in [0.1, 0.15) is 26.7 Å². The van der Waals surface area contributed by atoms with Gasteiger partial charge in [-0.05, 0) is 13.3 Å². The van der Waals surface area contributed by atoms with Gasteiger partial charge >= 0.3 is 5.97 Å². The molecule has 0 heterocycles. The Bertz CT molecular complexity index is 216. The number of hydrogen-bond acceptors (Lipinski definition) is 2. The quantitative estimate of drug-likeness (QED) is 0.391. The van der Waals surface area contributed by atoms with Gasteiger partial charge in [0.15, 0.2) is 0 Å². The summed E-state index contributed by atoms with van der Waals surface area (Å²) in [5.41, 5.74) is 0.281. The molecule has 0 radical (unpaired) electrons. The largest absolute Gasteiger partial charge is 0.493 e. The van der Waals surface area contributed by atoms with Crippen molar-refractivity contribution in [1.82, 2.24) is 0 Å². The summed E-state index contributed by atoms with van der Waals surface area (Å²) in [4.78, 5) is 10.6. The summed E-state index contributed by atoms with van der Waals surface area (Å²) in [6, 6.07) is 0. The smallest absolute Gasteiger partial charge is 0.334 e. The zero-order valence-corrected chi connectivity index (χ0v) is 8.17. The third-order valence-electron chi connectivity index (χ3n) is 1.59. The van der Waals surface area contributed by atoms with E-state index in [1.807, 2.05) is 6.92 Å². The molecule has 3 heteroatoms. The maximum absolute atomic E-state index is 10.6. The van der Waals surface area contributed by atoms with E-state index in [9.17, 15) is 4.79 Å². The summed E-state index contributed by atoms with van der Waals surface area (Å²) >= 11 is 0. The van der Waals surface area contributed by atoms with Crippen LogP contribution in [-0.2, 0) is 9.53 Å². The minimum Gasteiger partial charge on any atom is -0.493 e. The molecule has 0 aliphatic rings. The van der Waals surface area contributed by atoms with Crippen LogP contribution in [0, 0.1) is 0 Å². The molecule has 0 rings (SSSR count). The Balaban J connectivity index is 4.45. The molecule has 0 aromatic heterocycles. The van der Waals surface area contributed by atoms with E-state index in [-0.39, 0.29) is 5.57 Å². The van der Waals surface area contributed by atoms with Gasteiger partial charge in [0.05, 0.1) is 5.57 Å². The van der Waals surface area contributed by atoms with Gasteiger partial charge < -0.3 is 9.84 Å². The molecular weight excluding hydrogens is 168 g/mol. The maximum atomic E-state index is 10.6. The molecule has 0 amide bonds. The Hall–Kier alpha value is -1.25. The van der Waals surface area contributed by atoms with Gasteiger partial charge in [-0.2, -0.15) is 0 Å². The molecule has 0 atom stereocenters. The number of hydrogen-bond donors (Lipinski definition) is 1.